The molecular formula is C14H18O4S. The number of rotatable bonds is 5. The van der Waals surface area contributed by atoms with Gasteiger partial charge in [-0.1, -0.05) is 0 Å². The minimum Gasteiger partial charge on any atom is -0.465 e. The first-order chi connectivity index (χ1) is 9.06. The average Bonchev–Trinajstić information content (AvgIpc) is 3.00. The van der Waals surface area contributed by atoms with E-state index in [9.17, 15) is 9.59 Å². The Hall–Kier alpha value is -1.36. The number of ether oxygens (including phenoxy) is 2. The van der Waals surface area contributed by atoms with Crippen molar-refractivity contribution in [2.45, 2.75) is 33.1 Å². The van der Waals surface area contributed by atoms with Gasteiger partial charge in [-0.25, -0.2) is 0 Å². The zero-order valence-electron chi connectivity index (χ0n) is 11.4. The van der Waals surface area contributed by atoms with Gasteiger partial charge < -0.3 is 9.47 Å². The molecule has 0 saturated heterocycles. The van der Waals surface area contributed by atoms with Gasteiger partial charge in [0.15, 0.2) is 5.41 Å². The van der Waals surface area contributed by atoms with Crippen molar-refractivity contribution in [3.63, 3.8) is 0 Å². The minimum atomic E-state index is -1.11. The number of carbonyl (C=O) groups excluding carboxylic acids is 2. The number of thiophene rings is 1. The van der Waals surface area contributed by atoms with Gasteiger partial charge in [0.1, 0.15) is 0 Å². The van der Waals surface area contributed by atoms with Crippen LogP contribution in [0.15, 0.2) is 12.1 Å². The average molecular weight is 282 g/mol. The Bertz CT molecular complexity index is 473. The lowest BCUT2D eigenvalue weighted by Gasteiger charge is -2.14. The Morgan fingerprint density at radius 2 is 1.84 bits per heavy atom. The van der Waals surface area contributed by atoms with Crippen LogP contribution < -0.4 is 0 Å². The topological polar surface area (TPSA) is 52.6 Å². The van der Waals surface area contributed by atoms with E-state index >= 15 is 0 Å². The molecule has 5 heteroatoms. The van der Waals surface area contributed by atoms with E-state index in [0.717, 1.165) is 4.88 Å². The van der Waals surface area contributed by atoms with Crippen molar-refractivity contribution in [3.05, 3.63) is 21.9 Å². The number of hydrogen-bond donors (Lipinski definition) is 0. The predicted octanol–water partition coefficient (Wildman–Crippen LogP) is 2.66. The molecule has 2 rings (SSSR count). The van der Waals surface area contributed by atoms with Gasteiger partial charge in [0.25, 0.3) is 0 Å². The summed E-state index contributed by atoms with van der Waals surface area (Å²) in [4.78, 5) is 26.5. The second kappa shape index (κ2) is 5.33. The van der Waals surface area contributed by atoms with Crippen LogP contribution in [0.2, 0.25) is 0 Å². The largest absolute Gasteiger partial charge is 0.465 e. The first kappa shape index (κ1) is 14.1. The summed E-state index contributed by atoms with van der Waals surface area (Å²) in [5.74, 6) is -1.00. The molecule has 1 aliphatic rings. The van der Waals surface area contributed by atoms with Crippen LogP contribution in [0.3, 0.4) is 0 Å². The molecule has 1 aliphatic carbocycles. The van der Waals surface area contributed by atoms with Gasteiger partial charge in [0.2, 0.25) is 0 Å². The highest BCUT2D eigenvalue weighted by molar-refractivity contribution is 7.12. The van der Waals surface area contributed by atoms with E-state index in [1.54, 1.807) is 25.2 Å². The molecule has 104 valence electrons. The number of esters is 2. The van der Waals surface area contributed by atoms with Gasteiger partial charge in [-0.2, -0.15) is 0 Å². The van der Waals surface area contributed by atoms with Crippen LogP contribution in [-0.4, -0.2) is 25.2 Å². The monoisotopic (exact) mass is 282 g/mol. The van der Waals surface area contributed by atoms with Crippen molar-refractivity contribution >= 4 is 23.3 Å². The maximum atomic E-state index is 12.1. The number of hydrogen-bond acceptors (Lipinski definition) is 5. The van der Waals surface area contributed by atoms with Crippen LogP contribution in [0.5, 0.6) is 0 Å². The summed E-state index contributed by atoms with van der Waals surface area (Å²) >= 11 is 1.62. The molecule has 1 unspecified atom stereocenters. The molecule has 4 nitrogen and oxygen atoms in total. The second-order valence-corrected chi connectivity index (χ2v) is 5.94. The normalized spacial score (nSPS) is 19.8. The lowest BCUT2D eigenvalue weighted by atomic mass is 10.0. The van der Waals surface area contributed by atoms with E-state index < -0.39 is 17.4 Å². The van der Waals surface area contributed by atoms with Gasteiger partial charge in [-0.15, -0.1) is 11.3 Å². The molecule has 1 heterocycles. The van der Waals surface area contributed by atoms with E-state index in [-0.39, 0.29) is 19.1 Å². The van der Waals surface area contributed by atoms with Gasteiger partial charge >= 0.3 is 11.9 Å². The fraction of sp³-hybridized carbons (Fsp3) is 0.571. The van der Waals surface area contributed by atoms with Crippen molar-refractivity contribution in [1.82, 2.24) is 0 Å². The van der Waals surface area contributed by atoms with E-state index in [0.29, 0.717) is 6.42 Å². The Morgan fingerprint density at radius 3 is 2.26 bits per heavy atom. The molecule has 1 atom stereocenters. The summed E-state index contributed by atoms with van der Waals surface area (Å²) in [5.41, 5.74) is -1.11. The standard InChI is InChI=1S/C14H18O4S/c1-4-17-12(15)14(13(16)18-5-2)8-10(14)11-7-6-9(3)19-11/h6-7,10H,4-5,8H2,1-3H3. The van der Waals surface area contributed by atoms with Crippen molar-refractivity contribution in [2.24, 2.45) is 5.41 Å². The molecule has 0 aromatic carbocycles. The van der Waals surface area contributed by atoms with Crippen LogP contribution in [0.1, 0.15) is 35.9 Å². The molecule has 0 N–H and O–H groups in total. The summed E-state index contributed by atoms with van der Waals surface area (Å²) in [6.07, 6.45) is 0.491. The molecule has 1 aromatic heterocycles. The van der Waals surface area contributed by atoms with Crippen LogP contribution >= 0.6 is 11.3 Å². The third-order valence-electron chi connectivity index (χ3n) is 3.34. The Morgan fingerprint density at radius 1 is 1.26 bits per heavy atom. The van der Waals surface area contributed by atoms with Gasteiger partial charge in [0, 0.05) is 15.7 Å². The van der Waals surface area contributed by atoms with Crippen molar-refractivity contribution in [2.75, 3.05) is 13.2 Å². The fourth-order valence-corrected chi connectivity index (χ4v) is 3.37. The van der Waals surface area contributed by atoms with Crippen LogP contribution in [0.25, 0.3) is 0 Å². The Balaban J connectivity index is 2.24. The van der Waals surface area contributed by atoms with E-state index in [1.807, 2.05) is 19.1 Å². The van der Waals surface area contributed by atoms with E-state index in [2.05, 4.69) is 0 Å². The SMILES string of the molecule is CCOC(=O)C1(C(=O)OCC)CC1c1ccc(C)s1. The minimum absolute atomic E-state index is 0.0932. The third-order valence-corrected chi connectivity index (χ3v) is 4.46. The quantitative estimate of drug-likeness (QED) is 0.615. The van der Waals surface area contributed by atoms with Crippen LogP contribution in [0, 0.1) is 12.3 Å². The van der Waals surface area contributed by atoms with Crippen molar-refractivity contribution in [3.8, 4) is 0 Å². The van der Waals surface area contributed by atoms with Gasteiger partial charge in [0.05, 0.1) is 13.2 Å². The Kier molecular flexibility index (Phi) is 3.94. The molecule has 1 saturated carbocycles. The molecule has 1 fully saturated rings. The molecule has 0 aliphatic heterocycles. The Labute approximate surface area is 116 Å². The summed E-state index contributed by atoms with van der Waals surface area (Å²) in [5, 5.41) is 0. The zero-order chi connectivity index (χ0) is 14.0. The first-order valence-corrected chi connectivity index (χ1v) is 7.28. The van der Waals surface area contributed by atoms with Crippen LogP contribution in [0.4, 0.5) is 0 Å². The number of aryl methyl sites for hydroxylation is 1. The second-order valence-electron chi connectivity index (χ2n) is 4.62. The summed E-state index contributed by atoms with van der Waals surface area (Å²) < 4.78 is 10.1. The molecular weight excluding hydrogens is 264 g/mol. The maximum absolute atomic E-state index is 12.1. The molecule has 1 aromatic rings. The summed E-state index contributed by atoms with van der Waals surface area (Å²) in [7, 11) is 0. The fourth-order valence-electron chi connectivity index (χ4n) is 2.30. The van der Waals surface area contributed by atoms with E-state index in [1.165, 1.54) is 4.88 Å². The molecule has 19 heavy (non-hydrogen) atoms. The highest BCUT2D eigenvalue weighted by atomic mass is 32.1. The predicted molar refractivity (Wildman–Crippen MR) is 72.1 cm³/mol. The highest BCUT2D eigenvalue weighted by Gasteiger charge is 2.69. The van der Waals surface area contributed by atoms with Crippen LogP contribution in [-0.2, 0) is 19.1 Å². The van der Waals surface area contributed by atoms with Gasteiger partial charge in [-0.05, 0) is 39.3 Å². The summed E-state index contributed by atoms with van der Waals surface area (Å²) in [6.45, 7) is 6.03. The summed E-state index contributed by atoms with van der Waals surface area (Å²) in [6, 6.07) is 3.98. The van der Waals surface area contributed by atoms with E-state index in [4.69, 9.17) is 9.47 Å². The smallest absolute Gasteiger partial charge is 0.324 e. The molecule has 0 radical (unpaired) electrons. The lowest BCUT2D eigenvalue weighted by Crippen LogP contribution is -2.31. The van der Waals surface area contributed by atoms with Gasteiger partial charge in [-0.3, -0.25) is 9.59 Å². The zero-order valence-corrected chi connectivity index (χ0v) is 12.2. The van der Waals surface area contributed by atoms with Crippen molar-refractivity contribution < 1.29 is 19.1 Å². The third kappa shape index (κ3) is 2.39. The maximum Gasteiger partial charge on any atom is 0.324 e. The lowest BCUT2D eigenvalue weighted by molar-refractivity contribution is -0.164. The molecule has 0 bridgehead atoms. The first-order valence-electron chi connectivity index (χ1n) is 6.47. The molecule has 0 spiro atoms. The highest BCUT2D eigenvalue weighted by Crippen LogP contribution is 2.62. The number of carbonyl (C=O) groups is 2. The van der Waals surface area contributed by atoms with Crippen molar-refractivity contribution in [1.29, 1.82) is 0 Å². The molecule has 0 amide bonds.